The van der Waals surface area contributed by atoms with Crippen molar-refractivity contribution in [2.45, 2.75) is 56.8 Å². The molecule has 1 saturated heterocycles. The van der Waals surface area contributed by atoms with Gasteiger partial charge in [-0.3, -0.25) is 19.2 Å². The monoisotopic (exact) mass is 417 g/mol. The standard InChI is InChI=1S/C16H27N5O6S/c1-8(19-13(23)9(17)7-28)15(25)21-6-2-3-11(21)14(24)20-10(16(26)27)4-5-12(18)22/h8-11,28H,2-7,17H2,1H3,(H2,18,22)(H,19,23)(H,20,24)(H,26,27). The Morgan fingerprint density at radius 1 is 1.25 bits per heavy atom. The molecule has 0 saturated carbocycles. The van der Waals surface area contributed by atoms with Crippen LogP contribution in [0.15, 0.2) is 0 Å². The van der Waals surface area contributed by atoms with E-state index in [1.165, 1.54) is 11.8 Å². The molecule has 12 heteroatoms. The van der Waals surface area contributed by atoms with Gasteiger partial charge in [0, 0.05) is 18.7 Å². The molecule has 158 valence electrons. The first-order valence-electron chi connectivity index (χ1n) is 8.87. The summed E-state index contributed by atoms with van der Waals surface area (Å²) < 4.78 is 0. The van der Waals surface area contributed by atoms with E-state index < -0.39 is 53.8 Å². The van der Waals surface area contributed by atoms with Crippen LogP contribution in [-0.2, 0) is 24.0 Å². The van der Waals surface area contributed by atoms with Crippen molar-refractivity contribution in [3.8, 4) is 0 Å². The van der Waals surface area contributed by atoms with Crippen LogP contribution in [0.5, 0.6) is 0 Å². The molecule has 1 rings (SSSR count). The maximum absolute atomic E-state index is 12.6. The summed E-state index contributed by atoms with van der Waals surface area (Å²) in [6, 6.07) is -3.92. The van der Waals surface area contributed by atoms with Crippen molar-refractivity contribution in [1.82, 2.24) is 15.5 Å². The Morgan fingerprint density at radius 2 is 1.89 bits per heavy atom. The normalized spacial score (nSPS) is 19.4. The first kappa shape index (κ1) is 23.7. The van der Waals surface area contributed by atoms with Crippen LogP contribution in [0, 0.1) is 0 Å². The number of carbonyl (C=O) groups is 5. The smallest absolute Gasteiger partial charge is 0.326 e. The molecule has 0 bridgehead atoms. The van der Waals surface area contributed by atoms with Gasteiger partial charge in [0.1, 0.15) is 18.1 Å². The second-order valence-corrected chi connectivity index (χ2v) is 6.98. The molecule has 0 aliphatic carbocycles. The molecule has 7 N–H and O–H groups in total. The highest BCUT2D eigenvalue weighted by Crippen LogP contribution is 2.19. The lowest BCUT2D eigenvalue weighted by Crippen LogP contribution is -2.56. The van der Waals surface area contributed by atoms with Gasteiger partial charge in [0.05, 0.1) is 6.04 Å². The first-order chi connectivity index (χ1) is 13.1. The topological polar surface area (TPSA) is 185 Å². The molecule has 1 aliphatic heterocycles. The SMILES string of the molecule is CC(NC(=O)C(N)CS)C(=O)N1CCCC1C(=O)NC(CCC(N)=O)C(=O)O. The van der Waals surface area contributed by atoms with Gasteiger partial charge in [0.25, 0.3) is 0 Å². The molecule has 4 amide bonds. The number of carbonyl (C=O) groups excluding carboxylic acids is 4. The third kappa shape index (κ3) is 6.68. The summed E-state index contributed by atoms with van der Waals surface area (Å²) in [7, 11) is 0. The van der Waals surface area contributed by atoms with E-state index in [1.807, 2.05) is 0 Å². The van der Waals surface area contributed by atoms with E-state index >= 15 is 0 Å². The van der Waals surface area contributed by atoms with Gasteiger partial charge in [0.2, 0.25) is 23.6 Å². The Kier molecular flexibility index (Phi) is 9.19. The molecule has 4 atom stereocenters. The Hall–Kier alpha value is -2.34. The van der Waals surface area contributed by atoms with Crippen LogP contribution >= 0.6 is 12.6 Å². The quantitative estimate of drug-likeness (QED) is 0.213. The Morgan fingerprint density at radius 3 is 2.43 bits per heavy atom. The van der Waals surface area contributed by atoms with Gasteiger partial charge in [-0.1, -0.05) is 0 Å². The zero-order valence-corrected chi connectivity index (χ0v) is 16.5. The minimum absolute atomic E-state index is 0.114. The second-order valence-electron chi connectivity index (χ2n) is 6.61. The molecule has 0 aromatic rings. The molecule has 1 fully saturated rings. The molecule has 0 radical (unpaired) electrons. The fourth-order valence-corrected chi connectivity index (χ4v) is 2.99. The number of nitrogens with zero attached hydrogens (tertiary/aromatic N) is 1. The number of aliphatic carboxylic acids is 1. The van der Waals surface area contributed by atoms with Crippen LogP contribution in [0.3, 0.4) is 0 Å². The minimum Gasteiger partial charge on any atom is -0.480 e. The molecule has 0 aromatic heterocycles. The Balaban J connectivity index is 2.75. The van der Waals surface area contributed by atoms with Gasteiger partial charge in [-0.2, -0.15) is 12.6 Å². The highest BCUT2D eigenvalue weighted by Gasteiger charge is 2.37. The number of nitrogens with two attached hydrogens (primary N) is 2. The number of carboxylic acid groups (broad SMARTS) is 1. The predicted molar refractivity (Wildman–Crippen MR) is 102 cm³/mol. The van der Waals surface area contributed by atoms with Crippen molar-refractivity contribution >= 4 is 42.2 Å². The Labute approximate surface area is 168 Å². The van der Waals surface area contributed by atoms with E-state index in [0.717, 1.165) is 0 Å². The predicted octanol–water partition coefficient (Wildman–Crippen LogP) is -2.43. The molecule has 28 heavy (non-hydrogen) atoms. The van der Waals surface area contributed by atoms with Gasteiger partial charge in [-0.25, -0.2) is 4.79 Å². The third-order valence-electron chi connectivity index (χ3n) is 4.40. The fraction of sp³-hybridized carbons (Fsp3) is 0.688. The average Bonchev–Trinajstić information content (AvgIpc) is 3.12. The van der Waals surface area contributed by atoms with Gasteiger partial charge < -0.3 is 32.1 Å². The third-order valence-corrected chi connectivity index (χ3v) is 4.79. The van der Waals surface area contributed by atoms with Crippen molar-refractivity contribution in [1.29, 1.82) is 0 Å². The van der Waals surface area contributed by atoms with Gasteiger partial charge in [0.15, 0.2) is 0 Å². The number of amides is 4. The van der Waals surface area contributed by atoms with Crippen molar-refractivity contribution < 1.29 is 29.1 Å². The lowest BCUT2D eigenvalue weighted by Gasteiger charge is -2.28. The molecular weight excluding hydrogens is 390 g/mol. The largest absolute Gasteiger partial charge is 0.480 e. The first-order valence-corrected chi connectivity index (χ1v) is 9.50. The van der Waals surface area contributed by atoms with E-state index in [4.69, 9.17) is 11.5 Å². The van der Waals surface area contributed by atoms with Gasteiger partial charge in [-0.15, -0.1) is 0 Å². The average molecular weight is 417 g/mol. The maximum atomic E-state index is 12.6. The van der Waals surface area contributed by atoms with Gasteiger partial charge >= 0.3 is 5.97 Å². The number of carboxylic acids is 1. The lowest BCUT2D eigenvalue weighted by molar-refractivity contribution is -0.145. The minimum atomic E-state index is -1.30. The molecule has 1 heterocycles. The fourth-order valence-electron chi connectivity index (χ4n) is 2.83. The molecule has 11 nitrogen and oxygen atoms in total. The van der Waals surface area contributed by atoms with E-state index in [9.17, 15) is 29.1 Å². The van der Waals surface area contributed by atoms with Crippen LogP contribution in [0.4, 0.5) is 0 Å². The maximum Gasteiger partial charge on any atom is 0.326 e. The van der Waals surface area contributed by atoms with E-state index in [-0.39, 0.29) is 18.6 Å². The summed E-state index contributed by atoms with van der Waals surface area (Å²) in [6.07, 6.45) is 0.570. The van der Waals surface area contributed by atoms with Crippen LogP contribution in [-0.4, -0.2) is 76.1 Å². The number of hydrogen-bond donors (Lipinski definition) is 6. The van der Waals surface area contributed by atoms with E-state index in [2.05, 4.69) is 23.3 Å². The van der Waals surface area contributed by atoms with Crippen LogP contribution in [0.25, 0.3) is 0 Å². The van der Waals surface area contributed by atoms with Crippen LogP contribution in [0.1, 0.15) is 32.6 Å². The summed E-state index contributed by atoms with van der Waals surface area (Å²) in [5.41, 5.74) is 10.6. The highest BCUT2D eigenvalue weighted by molar-refractivity contribution is 7.80. The van der Waals surface area contributed by atoms with E-state index in [0.29, 0.717) is 19.4 Å². The number of nitrogens with one attached hydrogen (secondary N) is 2. The van der Waals surface area contributed by atoms with Gasteiger partial charge in [-0.05, 0) is 26.2 Å². The molecular formula is C16H27N5O6S. The number of primary amides is 1. The number of thiol groups is 1. The number of likely N-dealkylation sites (tertiary alicyclic amines) is 1. The number of rotatable bonds is 10. The summed E-state index contributed by atoms with van der Waals surface area (Å²) in [5, 5.41) is 14.0. The molecule has 0 aromatic carbocycles. The van der Waals surface area contributed by atoms with E-state index in [1.54, 1.807) is 0 Å². The zero-order valence-electron chi connectivity index (χ0n) is 15.6. The lowest BCUT2D eigenvalue weighted by atomic mass is 10.1. The summed E-state index contributed by atoms with van der Waals surface area (Å²) >= 11 is 3.92. The van der Waals surface area contributed by atoms with Crippen LogP contribution in [0.2, 0.25) is 0 Å². The molecule has 4 unspecified atom stereocenters. The molecule has 1 aliphatic rings. The van der Waals surface area contributed by atoms with Crippen molar-refractivity contribution in [2.75, 3.05) is 12.3 Å². The van der Waals surface area contributed by atoms with Crippen molar-refractivity contribution in [3.63, 3.8) is 0 Å². The zero-order chi connectivity index (χ0) is 21.4. The van der Waals surface area contributed by atoms with Crippen LogP contribution < -0.4 is 22.1 Å². The summed E-state index contributed by atoms with van der Waals surface area (Å²) in [6.45, 7) is 1.78. The molecule has 0 spiro atoms. The summed E-state index contributed by atoms with van der Waals surface area (Å²) in [5.74, 6) is -3.50. The van der Waals surface area contributed by atoms with Crippen molar-refractivity contribution in [3.05, 3.63) is 0 Å². The number of hydrogen-bond acceptors (Lipinski definition) is 7. The Bertz CT molecular complexity index is 631. The second kappa shape index (κ2) is 10.9. The summed E-state index contributed by atoms with van der Waals surface area (Å²) in [4.78, 5) is 60.4. The van der Waals surface area contributed by atoms with Crippen molar-refractivity contribution in [2.24, 2.45) is 11.5 Å². The highest BCUT2D eigenvalue weighted by atomic mass is 32.1.